The molecule has 2 saturated heterocycles. The summed E-state index contributed by atoms with van der Waals surface area (Å²) in [6, 6.07) is 4.55. The summed E-state index contributed by atoms with van der Waals surface area (Å²) in [7, 11) is -3.76. The molecule has 2 heterocycles. The van der Waals surface area contributed by atoms with Crippen LogP contribution in [-0.2, 0) is 21.4 Å². The van der Waals surface area contributed by atoms with Gasteiger partial charge in [-0.25, -0.2) is 13.2 Å². The molecule has 1 N–H and O–H groups in total. The molecule has 30 heavy (non-hydrogen) atoms. The quantitative estimate of drug-likeness (QED) is 0.683. The number of piperidine rings is 1. The molecular weight excluding hydrogens is 408 g/mol. The largest absolute Gasteiger partial charge is 0.453 e. The van der Waals surface area contributed by atoms with Crippen molar-refractivity contribution in [1.82, 2.24) is 9.21 Å². The zero-order valence-electron chi connectivity index (χ0n) is 18.0. The van der Waals surface area contributed by atoms with Gasteiger partial charge in [0.2, 0.25) is 10.0 Å². The topological polar surface area (TPSA) is 96.4 Å². The summed E-state index contributed by atoms with van der Waals surface area (Å²) in [5.74, 6) is 0.116. The Morgan fingerprint density at radius 3 is 2.30 bits per heavy atom. The molecule has 0 saturated carbocycles. The number of ether oxygens (including phenoxy) is 2. The van der Waals surface area contributed by atoms with E-state index in [9.17, 15) is 18.3 Å². The molecule has 1 unspecified atom stereocenters. The highest BCUT2D eigenvalue weighted by Gasteiger charge is 2.36. The Bertz CT molecular complexity index is 855. The summed E-state index contributed by atoms with van der Waals surface area (Å²) in [5.41, 5.74) is -0.113. The fourth-order valence-electron chi connectivity index (χ4n) is 3.35. The third kappa shape index (κ3) is 5.07. The Kier molecular flexibility index (Phi) is 6.94. The molecule has 0 spiro atoms. The van der Waals surface area contributed by atoms with Crippen molar-refractivity contribution < 1.29 is 27.8 Å². The molecule has 9 heteroatoms. The standard InChI is InChI=1S/C21H32N2O6S/c1-21(2,3)19(29-20(25)22-10-5-4-6-11-22)28-17-9-8-16(15-24)14-18(17)30(26,27)23-12-7-13-23/h8-9,14,19,24H,4-7,10-13,15H2,1-3H3. The smallest absolute Gasteiger partial charge is 0.412 e. The molecule has 168 valence electrons. The van der Waals surface area contributed by atoms with E-state index in [4.69, 9.17) is 9.47 Å². The highest BCUT2D eigenvalue weighted by atomic mass is 32.2. The number of carbonyl (C=O) groups is 1. The van der Waals surface area contributed by atoms with Crippen molar-refractivity contribution in [2.45, 2.75) is 64.2 Å². The van der Waals surface area contributed by atoms with Crippen LogP contribution < -0.4 is 4.74 Å². The Labute approximate surface area is 178 Å². The maximum atomic E-state index is 13.1. The van der Waals surface area contributed by atoms with E-state index < -0.39 is 27.8 Å². The first kappa shape index (κ1) is 22.8. The molecule has 2 fully saturated rings. The fourth-order valence-corrected chi connectivity index (χ4v) is 5.04. The van der Waals surface area contributed by atoms with Crippen LogP contribution in [0.15, 0.2) is 23.1 Å². The van der Waals surface area contributed by atoms with E-state index >= 15 is 0 Å². The molecule has 0 radical (unpaired) electrons. The van der Waals surface area contributed by atoms with E-state index in [2.05, 4.69) is 0 Å². The van der Waals surface area contributed by atoms with Crippen LogP contribution in [-0.4, -0.2) is 61.3 Å². The second-order valence-electron chi connectivity index (χ2n) is 8.94. The van der Waals surface area contributed by atoms with Gasteiger partial charge in [0, 0.05) is 31.6 Å². The first-order chi connectivity index (χ1) is 14.1. The number of amides is 1. The number of sulfonamides is 1. The normalized spacial score (nSPS) is 19.1. The first-order valence-corrected chi connectivity index (χ1v) is 11.9. The second-order valence-corrected chi connectivity index (χ2v) is 10.9. The van der Waals surface area contributed by atoms with Crippen molar-refractivity contribution in [3.8, 4) is 5.75 Å². The number of aliphatic hydroxyl groups is 1. The predicted octanol–water partition coefficient (Wildman–Crippen LogP) is 2.95. The summed E-state index contributed by atoms with van der Waals surface area (Å²) in [6.45, 7) is 7.53. The summed E-state index contributed by atoms with van der Waals surface area (Å²) in [5, 5.41) is 9.48. The maximum Gasteiger partial charge on any atom is 0.412 e. The van der Waals surface area contributed by atoms with Gasteiger partial charge in [-0.2, -0.15) is 4.31 Å². The molecule has 1 aromatic carbocycles. The highest BCUT2D eigenvalue weighted by molar-refractivity contribution is 7.89. The lowest BCUT2D eigenvalue weighted by Crippen LogP contribution is -2.44. The van der Waals surface area contributed by atoms with Gasteiger partial charge in [-0.05, 0) is 43.4 Å². The predicted molar refractivity (Wildman–Crippen MR) is 112 cm³/mol. The van der Waals surface area contributed by atoms with Crippen molar-refractivity contribution >= 4 is 16.1 Å². The number of hydrogen-bond donors (Lipinski definition) is 1. The fraction of sp³-hybridized carbons (Fsp3) is 0.667. The Morgan fingerprint density at radius 1 is 1.10 bits per heavy atom. The lowest BCUT2D eigenvalue weighted by Gasteiger charge is -2.35. The van der Waals surface area contributed by atoms with Crippen molar-refractivity contribution in [3.05, 3.63) is 23.8 Å². The van der Waals surface area contributed by atoms with Crippen molar-refractivity contribution in [2.75, 3.05) is 26.2 Å². The van der Waals surface area contributed by atoms with E-state index in [1.54, 1.807) is 11.0 Å². The SMILES string of the molecule is CC(C)(C)C(OC(=O)N1CCCCC1)Oc1ccc(CO)cc1S(=O)(=O)N1CCC1. The van der Waals surface area contributed by atoms with E-state index in [0.29, 0.717) is 31.7 Å². The molecule has 0 bridgehead atoms. The van der Waals surface area contributed by atoms with Gasteiger partial charge in [-0.3, -0.25) is 0 Å². The number of nitrogens with zero attached hydrogens (tertiary/aromatic N) is 2. The van der Waals surface area contributed by atoms with Crippen LogP contribution in [0.1, 0.15) is 52.0 Å². The van der Waals surface area contributed by atoms with Crippen molar-refractivity contribution in [2.24, 2.45) is 5.41 Å². The summed E-state index contributed by atoms with van der Waals surface area (Å²) < 4.78 is 39.2. The van der Waals surface area contributed by atoms with Crippen molar-refractivity contribution in [3.63, 3.8) is 0 Å². The molecular formula is C21H32N2O6S. The molecule has 2 aliphatic heterocycles. The highest BCUT2D eigenvalue weighted by Crippen LogP contribution is 2.34. The van der Waals surface area contributed by atoms with Crippen molar-refractivity contribution in [1.29, 1.82) is 0 Å². The van der Waals surface area contributed by atoms with E-state index in [-0.39, 0.29) is 17.3 Å². The van der Waals surface area contributed by atoms with Crippen LogP contribution in [0.25, 0.3) is 0 Å². The van der Waals surface area contributed by atoms with Crippen LogP contribution in [0.5, 0.6) is 5.75 Å². The summed E-state index contributed by atoms with van der Waals surface area (Å²) in [4.78, 5) is 14.3. The van der Waals surface area contributed by atoms with Gasteiger partial charge in [-0.15, -0.1) is 0 Å². The van der Waals surface area contributed by atoms with Crippen LogP contribution >= 0.6 is 0 Å². The van der Waals surface area contributed by atoms with Gasteiger partial charge >= 0.3 is 6.09 Å². The van der Waals surface area contributed by atoms with Crippen LogP contribution in [0.4, 0.5) is 4.79 Å². The zero-order chi connectivity index (χ0) is 21.9. The molecule has 1 amide bonds. The minimum absolute atomic E-state index is 0.0166. The van der Waals surface area contributed by atoms with Gasteiger partial charge in [0.15, 0.2) is 0 Å². The lowest BCUT2D eigenvalue weighted by molar-refractivity contribution is -0.110. The maximum absolute atomic E-state index is 13.1. The van der Waals surface area contributed by atoms with Crippen LogP contribution in [0.2, 0.25) is 0 Å². The van der Waals surface area contributed by atoms with E-state index in [0.717, 1.165) is 25.7 Å². The molecule has 8 nitrogen and oxygen atoms in total. The monoisotopic (exact) mass is 440 g/mol. The number of carbonyl (C=O) groups excluding carboxylic acids is 1. The number of benzene rings is 1. The average Bonchev–Trinajstić information content (AvgIpc) is 2.65. The third-order valence-corrected chi connectivity index (χ3v) is 7.31. The number of likely N-dealkylation sites (tertiary alicyclic amines) is 1. The van der Waals surface area contributed by atoms with Gasteiger partial charge in [0.1, 0.15) is 10.6 Å². The van der Waals surface area contributed by atoms with Gasteiger partial charge in [0.05, 0.1) is 6.61 Å². The summed E-state index contributed by atoms with van der Waals surface area (Å²) >= 11 is 0. The Morgan fingerprint density at radius 2 is 1.77 bits per heavy atom. The Balaban J connectivity index is 1.87. The third-order valence-electron chi connectivity index (χ3n) is 5.39. The molecule has 3 rings (SSSR count). The number of aliphatic hydroxyl groups excluding tert-OH is 1. The minimum atomic E-state index is -3.76. The van der Waals surface area contributed by atoms with Crippen LogP contribution in [0.3, 0.4) is 0 Å². The van der Waals surface area contributed by atoms with Gasteiger partial charge < -0.3 is 19.5 Å². The van der Waals surface area contributed by atoms with Crippen LogP contribution in [0, 0.1) is 5.41 Å². The zero-order valence-corrected chi connectivity index (χ0v) is 18.8. The average molecular weight is 441 g/mol. The summed E-state index contributed by atoms with van der Waals surface area (Å²) in [6.07, 6.45) is 2.37. The molecule has 2 aliphatic rings. The lowest BCUT2D eigenvalue weighted by atomic mass is 9.96. The Hall–Kier alpha value is -1.84. The molecule has 1 aromatic rings. The minimum Gasteiger partial charge on any atom is -0.453 e. The molecule has 0 aliphatic carbocycles. The molecule has 0 aromatic heterocycles. The van der Waals surface area contributed by atoms with Gasteiger partial charge in [-0.1, -0.05) is 26.8 Å². The van der Waals surface area contributed by atoms with E-state index in [1.807, 2.05) is 20.8 Å². The number of hydrogen-bond acceptors (Lipinski definition) is 6. The second kappa shape index (κ2) is 9.11. The number of rotatable bonds is 6. The first-order valence-electron chi connectivity index (χ1n) is 10.5. The molecule has 1 atom stereocenters. The van der Waals surface area contributed by atoms with E-state index in [1.165, 1.54) is 16.4 Å². The van der Waals surface area contributed by atoms with Gasteiger partial charge in [0.25, 0.3) is 6.29 Å².